The van der Waals surface area contributed by atoms with Crippen molar-refractivity contribution in [2.24, 2.45) is 11.8 Å². The molecule has 2 bridgehead atoms. The van der Waals surface area contributed by atoms with E-state index in [1.54, 1.807) is 15.9 Å². The summed E-state index contributed by atoms with van der Waals surface area (Å²) in [6.07, 6.45) is 7.90. The van der Waals surface area contributed by atoms with Crippen molar-refractivity contribution in [3.05, 3.63) is 54.6 Å². The topological polar surface area (TPSA) is 96.4 Å². The molecule has 1 spiro atoms. The Balaban J connectivity index is 1.78. The molecular weight excluding hydrogens is 508 g/mol. The highest BCUT2D eigenvalue weighted by Gasteiger charge is 2.79. The zero-order valence-electron chi connectivity index (χ0n) is 24.2. The summed E-state index contributed by atoms with van der Waals surface area (Å²) in [5.41, 5.74) is 0.800. The molecular formula is C32H44N2O6. The van der Waals surface area contributed by atoms with Gasteiger partial charge in [-0.1, -0.05) is 50.6 Å². The molecule has 5 atom stereocenters. The van der Waals surface area contributed by atoms with Crippen molar-refractivity contribution in [2.75, 3.05) is 31.2 Å². The molecule has 218 valence electrons. The number of amides is 2. The van der Waals surface area contributed by atoms with Gasteiger partial charge in [0, 0.05) is 25.4 Å². The first-order chi connectivity index (χ1) is 19.2. The van der Waals surface area contributed by atoms with Crippen LogP contribution in [0.3, 0.4) is 0 Å². The van der Waals surface area contributed by atoms with E-state index >= 15 is 0 Å². The van der Waals surface area contributed by atoms with Gasteiger partial charge in [-0.3, -0.25) is 14.4 Å². The lowest BCUT2D eigenvalue weighted by Crippen LogP contribution is -2.56. The van der Waals surface area contributed by atoms with Crippen LogP contribution in [0.5, 0.6) is 0 Å². The van der Waals surface area contributed by atoms with Gasteiger partial charge in [0.1, 0.15) is 24.2 Å². The van der Waals surface area contributed by atoms with Crippen LogP contribution in [-0.2, 0) is 23.9 Å². The Kier molecular flexibility index (Phi) is 9.20. The third-order valence-corrected chi connectivity index (χ3v) is 9.05. The van der Waals surface area contributed by atoms with Crippen molar-refractivity contribution in [1.82, 2.24) is 4.90 Å². The quantitative estimate of drug-likeness (QED) is 0.211. The van der Waals surface area contributed by atoms with E-state index in [-0.39, 0.29) is 31.6 Å². The molecule has 2 unspecified atom stereocenters. The van der Waals surface area contributed by atoms with Gasteiger partial charge in [0.25, 0.3) is 5.91 Å². The Hall–Kier alpha value is -2.97. The summed E-state index contributed by atoms with van der Waals surface area (Å²) < 4.78 is 12.3. The standard InChI is InChI=1S/C32H44N2O6/c1-6-17-33(24-21-22(4)13-14-23(24)5)29(37)27-32-16-15-31(8-3,40-32)26(30(38)39-20-7-2)25(32)28(36)34(27)18-11-9-10-12-19-35/h6-7,13-14,21,25-27,35H,1-2,8-12,15-20H2,3-5H3/t25-,26+,27?,31-,32?/m0/s1. The minimum atomic E-state index is -1.11. The van der Waals surface area contributed by atoms with E-state index in [0.29, 0.717) is 38.6 Å². The van der Waals surface area contributed by atoms with Gasteiger partial charge in [-0.25, -0.2) is 0 Å². The van der Waals surface area contributed by atoms with Gasteiger partial charge in [0.05, 0.1) is 11.5 Å². The van der Waals surface area contributed by atoms with E-state index in [1.807, 2.05) is 39.0 Å². The fourth-order valence-electron chi connectivity index (χ4n) is 7.17. The van der Waals surface area contributed by atoms with E-state index in [9.17, 15) is 19.5 Å². The average Bonchev–Trinajstić information content (AvgIpc) is 3.55. The van der Waals surface area contributed by atoms with E-state index < -0.39 is 35.0 Å². The summed E-state index contributed by atoms with van der Waals surface area (Å²) in [7, 11) is 0. The van der Waals surface area contributed by atoms with Crippen molar-refractivity contribution in [2.45, 2.75) is 83.0 Å². The smallest absolute Gasteiger partial charge is 0.313 e. The minimum absolute atomic E-state index is 0.0553. The number of carbonyl (C=O) groups is 3. The fourth-order valence-corrected chi connectivity index (χ4v) is 7.17. The van der Waals surface area contributed by atoms with Crippen molar-refractivity contribution < 1.29 is 29.0 Å². The van der Waals surface area contributed by atoms with Crippen molar-refractivity contribution in [3.63, 3.8) is 0 Å². The molecule has 3 fully saturated rings. The van der Waals surface area contributed by atoms with Gasteiger partial charge >= 0.3 is 5.97 Å². The number of fused-ring (bicyclic) bond motifs is 1. The van der Waals surface area contributed by atoms with Crippen LogP contribution in [0.25, 0.3) is 0 Å². The second kappa shape index (κ2) is 12.3. The van der Waals surface area contributed by atoms with Crippen molar-refractivity contribution in [3.8, 4) is 0 Å². The number of hydrogen-bond acceptors (Lipinski definition) is 6. The van der Waals surface area contributed by atoms with Crippen LogP contribution in [0, 0.1) is 25.7 Å². The first-order valence-electron chi connectivity index (χ1n) is 14.6. The van der Waals surface area contributed by atoms with Crippen LogP contribution in [0.4, 0.5) is 5.69 Å². The van der Waals surface area contributed by atoms with E-state index in [0.717, 1.165) is 29.7 Å². The molecule has 0 saturated carbocycles. The van der Waals surface area contributed by atoms with Crippen molar-refractivity contribution in [1.29, 1.82) is 0 Å². The van der Waals surface area contributed by atoms with E-state index in [1.165, 1.54) is 6.08 Å². The third kappa shape index (κ3) is 5.00. The maximum absolute atomic E-state index is 14.7. The number of ether oxygens (including phenoxy) is 2. The largest absolute Gasteiger partial charge is 0.461 e. The van der Waals surface area contributed by atoms with Gasteiger partial charge in [0.2, 0.25) is 5.91 Å². The molecule has 8 heteroatoms. The monoisotopic (exact) mass is 552 g/mol. The number of carbonyl (C=O) groups excluding carboxylic acids is 3. The molecule has 1 aromatic carbocycles. The maximum Gasteiger partial charge on any atom is 0.313 e. The summed E-state index contributed by atoms with van der Waals surface area (Å²) >= 11 is 0. The average molecular weight is 553 g/mol. The lowest BCUT2D eigenvalue weighted by atomic mass is 9.65. The van der Waals surface area contributed by atoms with Gasteiger partial charge < -0.3 is 24.4 Å². The number of aryl methyl sites for hydroxylation is 2. The van der Waals surface area contributed by atoms with Gasteiger partial charge in [0.15, 0.2) is 0 Å². The predicted molar refractivity (Wildman–Crippen MR) is 154 cm³/mol. The van der Waals surface area contributed by atoms with Crippen LogP contribution in [0.15, 0.2) is 43.5 Å². The number of benzene rings is 1. The normalized spacial score (nSPS) is 28.4. The number of unbranched alkanes of at least 4 members (excludes halogenated alkanes) is 3. The Morgan fingerprint density at radius 2 is 1.93 bits per heavy atom. The summed E-state index contributed by atoms with van der Waals surface area (Å²) in [6, 6.07) is 5.11. The number of aliphatic hydroxyl groups is 1. The summed E-state index contributed by atoms with van der Waals surface area (Å²) in [5.74, 6) is -2.45. The maximum atomic E-state index is 14.7. The lowest BCUT2D eigenvalue weighted by Gasteiger charge is -2.37. The fraction of sp³-hybridized carbons (Fsp3) is 0.594. The molecule has 0 radical (unpaired) electrons. The number of esters is 1. The zero-order chi connectivity index (χ0) is 29.1. The Morgan fingerprint density at radius 1 is 1.18 bits per heavy atom. The number of nitrogens with zero attached hydrogens (tertiary/aromatic N) is 2. The molecule has 0 aliphatic carbocycles. The minimum Gasteiger partial charge on any atom is -0.461 e. The summed E-state index contributed by atoms with van der Waals surface area (Å²) in [5, 5.41) is 9.18. The van der Waals surface area contributed by atoms with Gasteiger partial charge in [-0.2, -0.15) is 0 Å². The molecule has 4 rings (SSSR count). The first-order valence-corrected chi connectivity index (χ1v) is 14.6. The van der Waals surface area contributed by atoms with Crippen LogP contribution in [0.2, 0.25) is 0 Å². The zero-order valence-corrected chi connectivity index (χ0v) is 24.2. The lowest BCUT2D eigenvalue weighted by molar-refractivity contribution is -0.159. The number of likely N-dealkylation sites (tertiary alicyclic amines) is 1. The Labute approximate surface area is 238 Å². The molecule has 8 nitrogen and oxygen atoms in total. The number of aliphatic hydroxyl groups excluding tert-OH is 1. The van der Waals surface area contributed by atoms with Crippen LogP contribution in [-0.4, -0.2) is 71.3 Å². The van der Waals surface area contributed by atoms with Crippen molar-refractivity contribution >= 4 is 23.5 Å². The van der Waals surface area contributed by atoms with Crippen LogP contribution in [0.1, 0.15) is 63.0 Å². The predicted octanol–water partition coefficient (Wildman–Crippen LogP) is 4.26. The number of hydrogen-bond donors (Lipinski definition) is 1. The highest BCUT2D eigenvalue weighted by molar-refractivity contribution is 6.05. The van der Waals surface area contributed by atoms with Crippen LogP contribution < -0.4 is 4.90 Å². The summed E-state index contributed by atoms with van der Waals surface area (Å²) in [6.45, 7) is 14.3. The third-order valence-electron chi connectivity index (χ3n) is 9.05. The number of rotatable bonds is 14. The molecule has 3 heterocycles. The molecule has 1 N–H and O–H groups in total. The number of anilines is 1. The highest BCUT2D eigenvalue weighted by Crippen LogP contribution is 2.64. The Bertz CT molecular complexity index is 1150. The Morgan fingerprint density at radius 3 is 2.60 bits per heavy atom. The molecule has 1 aromatic rings. The molecule has 0 aromatic heterocycles. The molecule has 40 heavy (non-hydrogen) atoms. The SMILES string of the molecule is C=CCOC(=O)[C@H]1[C@H]2C(=O)N(CCCCCCO)C(C(=O)N(CC=C)c3cc(C)ccc3C)C23CC[C@]1(CC)O3. The molecule has 2 amide bonds. The van der Waals surface area contributed by atoms with E-state index in [2.05, 4.69) is 13.2 Å². The van der Waals surface area contributed by atoms with Gasteiger partial charge in [-0.15, -0.1) is 6.58 Å². The summed E-state index contributed by atoms with van der Waals surface area (Å²) in [4.78, 5) is 45.8. The molecule has 3 aliphatic heterocycles. The second-order valence-electron chi connectivity index (χ2n) is 11.4. The van der Waals surface area contributed by atoms with Gasteiger partial charge in [-0.05, 0) is 63.1 Å². The molecule has 3 aliphatic rings. The molecule has 3 saturated heterocycles. The highest BCUT2D eigenvalue weighted by atomic mass is 16.6. The second-order valence-corrected chi connectivity index (χ2v) is 11.4. The van der Waals surface area contributed by atoms with E-state index in [4.69, 9.17) is 9.47 Å². The van der Waals surface area contributed by atoms with Crippen LogP contribution >= 0.6 is 0 Å². The first kappa shape index (κ1) is 30.0.